The summed E-state index contributed by atoms with van der Waals surface area (Å²) in [5, 5.41) is 2.89. The van der Waals surface area contributed by atoms with Crippen LogP contribution in [-0.2, 0) is 14.3 Å². The molecule has 0 saturated carbocycles. The first-order valence-electron chi connectivity index (χ1n) is 8.37. The second-order valence-corrected chi connectivity index (χ2v) is 5.92. The minimum absolute atomic E-state index is 0.0478. The standard InChI is InChI=1S/C18H26N2O4/c1-4-24-9-5-8-19-18(22)14-11-17(21)20(12-14)15-10-13(2)6-7-16(15)23-3/h6-7,10,14H,4-5,8-9,11-12H2,1-3H3,(H,19,22). The third-order valence-electron chi connectivity index (χ3n) is 4.09. The van der Waals surface area contributed by atoms with Crippen LogP contribution in [0.5, 0.6) is 5.75 Å². The lowest BCUT2D eigenvalue weighted by Crippen LogP contribution is -2.34. The van der Waals surface area contributed by atoms with E-state index in [4.69, 9.17) is 9.47 Å². The molecule has 1 fully saturated rings. The fraction of sp³-hybridized carbons (Fsp3) is 0.556. The lowest BCUT2D eigenvalue weighted by Gasteiger charge is -2.20. The van der Waals surface area contributed by atoms with Gasteiger partial charge in [0.05, 0.1) is 18.7 Å². The first kappa shape index (κ1) is 18.3. The van der Waals surface area contributed by atoms with E-state index in [9.17, 15) is 9.59 Å². The Hall–Kier alpha value is -2.08. The molecule has 1 heterocycles. The SMILES string of the molecule is CCOCCCNC(=O)C1CC(=O)N(c2cc(C)ccc2OC)C1. The fourth-order valence-electron chi connectivity index (χ4n) is 2.80. The highest BCUT2D eigenvalue weighted by Crippen LogP contribution is 2.33. The third-order valence-corrected chi connectivity index (χ3v) is 4.09. The Morgan fingerprint density at radius 2 is 2.21 bits per heavy atom. The molecule has 1 saturated heterocycles. The predicted octanol–water partition coefficient (Wildman–Crippen LogP) is 1.90. The van der Waals surface area contributed by atoms with Crippen LogP contribution in [0.4, 0.5) is 5.69 Å². The van der Waals surface area contributed by atoms with Crippen LogP contribution in [0.1, 0.15) is 25.3 Å². The largest absolute Gasteiger partial charge is 0.495 e. The van der Waals surface area contributed by atoms with Crippen LogP contribution in [0.2, 0.25) is 0 Å². The number of rotatable bonds is 8. The Morgan fingerprint density at radius 1 is 1.42 bits per heavy atom. The number of hydrogen-bond donors (Lipinski definition) is 1. The van der Waals surface area contributed by atoms with Gasteiger partial charge in [0.2, 0.25) is 11.8 Å². The zero-order valence-electron chi connectivity index (χ0n) is 14.6. The summed E-state index contributed by atoms with van der Waals surface area (Å²) in [5.74, 6) is 0.198. The van der Waals surface area contributed by atoms with Crippen molar-refractivity contribution in [3.8, 4) is 5.75 Å². The Morgan fingerprint density at radius 3 is 2.92 bits per heavy atom. The number of hydrogen-bond acceptors (Lipinski definition) is 4. The number of amides is 2. The summed E-state index contributed by atoms with van der Waals surface area (Å²) in [6.07, 6.45) is 1.00. The van der Waals surface area contributed by atoms with Crippen LogP contribution in [0.15, 0.2) is 18.2 Å². The summed E-state index contributed by atoms with van der Waals surface area (Å²) in [6, 6.07) is 5.70. The van der Waals surface area contributed by atoms with Crippen LogP contribution in [0, 0.1) is 12.8 Å². The molecule has 6 heteroatoms. The molecule has 2 rings (SSSR count). The number of benzene rings is 1. The van der Waals surface area contributed by atoms with E-state index in [1.807, 2.05) is 32.0 Å². The van der Waals surface area contributed by atoms with Gasteiger partial charge in [-0.05, 0) is 38.0 Å². The number of ether oxygens (including phenoxy) is 2. The topological polar surface area (TPSA) is 67.9 Å². The molecule has 132 valence electrons. The fourth-order valence-corrected chi connectivity index (χ4v) is 2.80. The Kier molecular flexibility index (Phi) is 6.61. The highest BCUT2D eigenvalue weighted by atomic mass is 16.5. The Labute approximate surface area is 143 Å². The van der Waals surface area contributed by atoms with Gasteiger partial charge in [-0.1, -0.05) is 6.07 Å². The maximum Gasteiger partial charge on any atom is 0.227 e. The molecule has 0 radical (unpaired) electrons. The second-order valence-electron chi connectivity index (χ2n) is 5.92. The van der Waals surface area contributed by atoms with Gasteiger partial charge in [-0.15, -0.1) is 0 Å². The third kappa shape index (κ3) is 4.47. The van der Waals surface area contributed by atoms with E-state index in [-0.39, 0.29) is 24.2 Å². The zero-order chi connectivity index (χ0) is 17.5. The molecule has 1 aliphatic rings. The molecule has 1 N–H and O–H groups in total. The van der Waals surface area contributed by atoms with Crippen LogP contribution in [-0.4, -0.2) is 45.2 Å². The van der Waals surface area contributed by atoms with E-state index in [1.165, 1.54) is 0 Å². The van der Waals surface area contributed by atoms with Gasteiger partial charge in [-0.3, -0.25) is 9.59 Å². The average molecular weight is 334 g/mol. The first-order valence-corrected chi connectivity index (χ1v) is 8.37. The Bertz CT molecular complexity index is 588. The monoisotopic (exact) mass is 334 g/mol. The van der Waals surface area contributed by atoms with Crippen LogP contribution < -0.4 is 15.0 Å². The molecule has 0 aromatic heterocycles. The molecule has 0 spiro atoms. The van der Waals surface area contributed by atoms with Gasteiger partial charge in [0.15, 0.2) is 0 Å². The molecule has 6 nitrogen and oxygen atoms in total. The number of carbonyl (C=O) groups is 2. The number of carbonyl (C=O) groups excluding carboxylic acids is 2. The summed E-state index contributed by atoms with van der Waals surface area (Å²) in [6.45, 7) is 6.17. The van der Waals surface area contributed by atoms with Gasteiger partial charge in [0.25, 0.3) is 0 Å². The van der Waals surface area contributed by atoms with E-state index in [0.717, 1.165) is 17.7 Å². The van der Waals surface area contributed by atoms with Crippen molar-refractivity contribution in [1.82, 2.24) is 5.32 Å². The van der Waals surface area contributed by atoms with Crippen molar-refractivity contribution in [2.45, 2.75) is 26.7 Å². The lowest BCUT2D eigenvalue weighted by molar-refractivity contribution is -0.126. The van der Waals surface area contributed by atoms with Gasteiger partial charge in [0, 0.05) is 32.7 Å². The van der Waals surface area contributed by atoms with Crippen molar-refractivity contribution >= 4 is 17.5 Å². The molecule has 2 amide bonds. The summed E-state index contributed by atoms with van der Waals surface area (Å²) >= 11 is 0. The first-order chi connectivity index (χ1) is 11.6. The normalized spacial score (nSPS) is 17.2. The zero-order valence-corrected chi connectivity index (χ0v) is 14.6. The van der Waals surface area contributed by atoms with Crippen molar-refractivity contribution in [3.63, 3.8) is 0 Å². The number of methoxy groups -OCH3 is 1. The summed E-state index contributed by atoms with van der Waals surface area (Å²) in [4.78, 5) is 26.3. The number of nitrogens with zero attached hydrogens (tertiary/aromatic N) is 1. The minimum Gasteiger partial charge on any atom is -0.495 e. The van der Waals surface area contributed by atoms with E-state index in [0.29, 0.717) is 32.1 Å². The quantitative estimate of drug-likeness (QED) is 0.737. The van der Waals surface area contributed by atoms with Crippen molar-refractivity contribution in [1.29, 1.82) is 0 Å². The maximum atomic E-state index is 12.4. The highest BCUT2D eigenvalue weighted by Gasteiger charge is 2.36. The van der Waals surface area contributed by atoms with Crippen molar-refractivity contribution in [2.24, 2.45) is 5.92 Å². The molecule has 1 unspecified atom stereocenters. The summed E-state index contributed by atoms with van der Waals surface area (Å²) in [7, 11) is 1.58. The summed E-state index contributed by atoms with van der Waals surface area (Å²) in [5.41, 5.74) is 1.77. The van der Waals surface area contributed by atoms with Gasteiger partial charge < -0.3 is 19.7 Å². The van der Waals surface area contributed by atoms with Gasteiger partial charge in [-0.25, -0.2) is 0 Å². The summed E-state index contributed by atoms with van der Waals surface area (Å²) < 4.78 is 10.6. The van der Waals surface area contributed by atoms with E-state index in [1.54, 1.807) is 12.0 Å². The predicted molar refractivity (Wildman–Crippen MR) is 92.3 cm³/mol. The van der Waals surface area contributed by atoms with E-state index >= 15 is 0 Å². The smallest absolute Gasteiger partial charge is 0.227 e. The molecule has 0 bridgehead atoms. The lowest BCUT2D eigenvalue weighted by atomic mass is 10.1. The van der Waals surface area contributed by atoms with Crippen molar-refractivity contribution < 1.29 is 19.1 Å². The van der Waals surface area contributed by atoms with Crippen molar-refractivity contribution in [2.75, 3.05) is 38.3 Å². The highest BCUT2D eigenvalue weighted by molar-refractivity contribution is 6.01. The molecule has 1 aromatic rings. The van der Waals surface area contributed by atoms with Crippen LogP contribution >= 0.6 is 0 Å². The number of aryl methyl sites for hydroxylation is 1. The maximum absolute atomic E-state index is 12.4. The molecule has 1 aromatic carbocycles. The van der Waals surface area contributed by atoms with E-state index < -0.39 is 0 Å². The molecule has 0 aliphatic carbocycles. The van der Waals surface area contributed by atoms with Crippen LogP contribution in [0.3, 0.4) is 0 Å². The molecule has 1 aliphatic heterocycles. The van der Waals surface area contributed by atoms with Crippen molar-refractivity contribution in [3.05, 3.63) is 23.8 Å². The van der Waals surface area contributed by atoms with Crippen LogP contribution in [0.25, 0.3) is 0 Å². The molecule has 1 atom stereocenters. The molecular formula is C18H26N2O4. The molecule has 24 heavy (non-hydrogen) atoms. The molecular weight excluding hydrogens is 308 g/mol. The van der Waals surface area contributed by atoms with Gasteiger partial charge >= 0.3 is 0 Å². The average Bonchev–Trinajstić information content (AvgIpc) is 2.96. The number of nitrogens with one attached hydrogen (secondary N) is 1. The minimum atomic E-state index is -0.324. The van der Waals surface area contributed by atoms with Gasteiger partial charge in [-0.2, -0.15) is 0 Å². The van der Waals surface area contributed by atoms with Gasteiger partial charge in [0.1, 0.15) is 5.75 Å². The second kappa shape index (κ2) is 8.68. The van der Waals surface area contributed by atoms with E-state index in [2.05, 4.69) is 5.32 Å². The Balaban J connectivity index is 1.96. The number of anilines is 1.